The van der Waals surface area contributed by atoms with Crippen molar-refractivity contribution in [1.82, 2.24) is 20.2 Å². The fourth-order valence-corrected chi connectivity index (χ4v) is 2.64. The summed E-state index contributed by atoms with van der Waals surface area (Å²) < 4.78 is 1.96. The van der Waals surface area contributed by atoms with Crippen molar-refractivity contribution in [1.29, 1.82) is 0 Å². The molecule has 2 aromatic rings. The van der Waals surface area contributed by atoms with Crippen LogP contribution in [-0.2, 0) is 0 Å². The topological polar surface area (TPSA) is 69.6 Å². The number of tetrazole rings is 1. The van der Waals surface area contributed by atoms with E-state index in [1.165, 1.54) is 12.8 Å². The van der Waals surface area contributed by atoms with E-state index in [0.717, 1.165) is 41.9 Å². The molecule has 2 rings (SSSR count). The first kappa shape index (κ1) is 15.5. The summed E-state index contributed by atoms with van der Waals surface area (Å²) in [6.45, 7) is 6.46. The van der Waals surface area contributed by atoms with E-state index in [0.29, 0.717) is 6.04 Å². The predicted molar refractivity (Wildman–Crippen MR) is 85.9 cm³/mol. The van der Waals surface area contributed by atoms with Gasteiger partial charge in [-0.15, -0.1) is 5.10 Å². The van der Waals surface area contributed by atoms with Crippen molar-refractivity contribution >= 4 is 5.69 Å². The molecule has 0 amide bonds. The van der Waals surface area contributed by atoms with Crippen LogP contribution in [0.1, 0.15) is 57.6 Å². The van der Waals surface area contributed by atoms with Gasteiger partial charge in [0, 0.05) is 11.3 Å². The summed E-state index contributed by atoms with van der Waals surface area (Å²) in [5.41, 5.74) is 8.93. The van der Waals surface area contributed by atoms with Crippen molar-refractivity contribution in [3.63, 3.8) is 0 Å². The van der Waals surface area contributed by atoms with E-state index in [1.54, 1.807) is 0 Å². The molecule has 1 aromatic heterocycles. The van der Waals surface area contributed by atoms with Crippen molar-refractivity contribution in [2.45, 2.75) is 58.9 Å². The van der Waals surface area contributed by atoms with Crippen molar-refractivity contribution in [3.8, 4) is 11.4 Å². The molecule has 114 valence electrons. The Labute approximate surface area is 126 Å². The molecule has 1 atom stereocenters. The molecule has 0 radical (unpaired) electrons. The van der Waals surface area contributed by atoms with E-state index in [1.807, 2.05) is 16.8 Å². The Hall–Kier alpha value is -1.91. The number of anilines is 1. The molecule has 0 bridgehead atoms. The molecule has 0 aliphatic rings. The van der Waals surface area contributed by atoms with Crippen LogP contribution in [0.3, 0.4) is 0 Å². The summed E-state index contributed by atoms with van der Waals surface area (Å²) in [6.07, 6.45) is 5.69. The van der Waals surface area contributed by atoms with Crippen LogP contribution in [0.15, 0.2) is 18.2 Å². The number of aromatic nitrogens is 4. The largest absolute Gasteiger partial charge is 0.398 e. The molecule has 0 spiro atoms. The minimum absolute atomic E-state index is 0.347. The van der Waals surface area contributed by atoms with Gasteiger partial charge in [0.05, 0.1) is 6.04 Å². The predicted octanol–water partition coefficient (Wildman–Crippen LogP) is 3.76. The van der Waals surface area contributed by atoms with Crippen LogP contribution in [0.4, 0.5) is 5.69 Å². The Morgan fingerprint density at radius 2 is 2.00 bits per heavy atom. The second-order valence-electron chi connectivity index (χ2n) is 5.62. The van der Waals surface area contributed by atoms with Gasteiger partial charge in [-0.2, -0.15) is 0 Å². The number of unbranched alkanes of at least 4 members (excludes halogenated alkanes) is 1. The summed E-state index contributed by atoms with van der Waals surface area (Å²) in [5.74, 6) is 0.783. The number of nitrogens with zero attached hydrogens (tertiary/aromatic N) is 4. The minimum Gasteiger partial charge on any atom is -0.398 e. The first-order valence-corrected chi connectivity index (χ1v) is 7.81. The lowest BCUT2D eigenvalue weighted by molar-refractivity contribution is 0.380. The van der Waals surface area contributed by atoms with Crippen molar-refractivity contribution in [2.24, 2.45) is 0 Å². The van der Waals surface area contributed by atoms with Gasteiger partial charge in [-0.1, -0.05) is 44.7 Å². The zero-order valence-corrected chi connectivity index (χ0v) is 13.2. The Morgan fingerprint density at radius 3 is 2.71 bits per heavy atom. The van der Waals surface area contributed by atoms with Crippen molar-refractivity contribution in [2.75, 3.05) is 5.73 Å². The van der Waals surface area contributed by atoms with Gasteiger partial charge in [0.25, 0.3) is 0 Å². The van der Waals surface area contributed by atoms with Gasteiger partial charge >= 0.3 is 0 Å². The Kier molecular flexibility index (Phi) is 5.31. The summed E-state index contributed by atoms with van der Waals surface area (Å²) in [7, 11) is 0. The number of nitrogens with two attached hydrogens (primary N) is 1. The first-order chi connectivity index (χ1) is 10.2. The van der Waals surface area contributed by atoms with Gasteiger partial charge in [-0.05, 0) is 42.3 Å². The minimum atomic E-state index is 0.347. The normalized spacial score (nSPS) is 12.5. The number of hydrogen-bond donors (Lipinski definition) is 1. The highest BCUT2D eigenvalue weighted by Gasteiger charge is 2.19. The molecule has 1 heterocycles. The molecule has 21 heavy (non-hydrogen) atoms. The van der Waals surface area contributed by atoms with E-state index in [-0.39, 0.29) is 0 Å². The number of aryl methyl sites for hydroxylation is 1. The molecule has 1 unspecified atom stereocenters. The van der Waals surface area contributed by atoms with Crippen molar-refractivity contribution < 1.29 is 0 Å². The average molecular weight is 287 g/mol. The standard InChI is InChI=1S/C16H25N5/c1-4-6-8-13(7-5-2)21-16(18-19-20-21)14-11-12(3)9-10-15(14)17/h9-11,13H,4-8,17H2,1-3H3. The molecule has 0 saturated carbocycles. The summed E-state index contributed by atoms with van der Waals surface area (Å²) >= 11 is 0. The third kappa shape index (κ3) is 3.60. The number of rotatable bonds is 7. The highest BCUT2D eigenvalue weighted by atomic mass is 15.5. The van der Waals surface area contributed by atoms with Crippen LogP contribution in [0, 0.1) is 6.92 Å². The third-order valence-electron chi connectivity index (χ3n) is 3.80. The highest BCUT2D eigenvalue weighted by molar-refractivity contribution is 5.72. The molecular weight excluding hydrogens is 262 g/mol. The average Bonchev–Trinajstić information content (AvgIpc) is 2.95. The second-order valence-corrected chi connectivity index (χ2v) is 5.62. The lowest BCUT2D eigenvalue weighted by atomic mass is 10.0. The molecule has 0 fully saturated rings. The molecule has 5 nitrogen and oxygen atoms in total. The van der Waals surface area contributed by atoms with Crippen molar-refractivity contribution in [3.05, 3.63) is 23.8 Å². The summed E-state index contributed by atoms with van der Waals surface area (Å²) in [5, 5.41) is 12.3. The number of nitrogen functional groups attached to an aromatic ring is 1. The molecule has 5 heteroatoms. The Morgan fingerprint density at radius 1 is 1.19 bits per heavy atom. The molecule has 2 N–H and O–H groups in total. The zero-order valence-electron chi connectivity index (χ0n) is 13.2. The van der Waals surface area contributed by atoms with E-state index < -0.39 is 0 Å². The van der Waals surface area contributed by atoms with Gasteiger partial charge in [-0.25, -0.2) is 4.68 Å². The maximum atomic E-state index is 6.11. The van der Waals surface area contributed by atoms with Crippen LogP contribution in [0.5, 0.6) is 0 Å². The smallest absolute Gasteiger partial charge is 0.184 e. The SMILES string of the molecule is CCCCC(CCC)n1nnnc1-c1cc(C)ccc1N. The van der Waals surface area contributed by atoms with E-state index in [2.05, 4.69) is 42.4 Å². The monoisotopic (exact) mass is 287 g/mol. The lowest BCUT2D eigenvalue weighted by Gasteiger charge is -2.18. The van der Waals surface area contributed by atoms with E-state index in [4.69, 9.17) is 5.73 Å². The molecule has 0 aliphatic carbocycles. The number of hydrogen-bond acceptors (Lipinski definition) is 4. The third-order valence-corrected chi connectivity index (χ3v) is 3.80. The first-order valence-electron chi connectivity index (χ1n) is 7.81. The number of benzene rings is 1. The van der Waals surface area contributed by atoms with E-state index >= 15 is 0 Å². The Balaban J connectivity index is 2.38. The van der Waals surface area contributed by atoms with Crippen LogP contribution >= 0.6 is 0 Å². The maximum Gasteiger partial charge on any atom is 0.184 e. The molecule has 0 saturated heterocycles. The van der Waals surface area contributed by atoms with Gasteiger partial charge in [0.15, 0.2) is 5.82 Å². The molecular formula is C16H25N5. The summed E-state index contributed by atoms with van der Waals surface area (Å²) in [4.78, 5) is 0. The molecule has 0 aliphatic heterocycles. The lowest BCUT2D eigenvalue weighted by Crippen LogP contribution is -2.13. The van der Waals surface area contributed by atoms with Gasteiger partial charge in [0.1, 0.15) is 0 Å². The van der Waals surface area contributed by atoms with E-state index in [9.17, 15) is 0 Å². The summed E-state index contributed by atoms with van der Waals surface area (Å²) in [6, 6.07) is 6.33. The molecule has 1 aromatic carbocycles. The van der Waals surface area contributed by atoms with Gasteiger partial charge in [-0.3, -0.25) is 0 Å². The van der Waals surface area contributed by atoms with Crippen LogP contribution in [0.25, 0.3) is 11.4 Å². The fourth-order valence-electron chi connectivity index (χ4n) is 2.64. The quantitative estimate of drug-likeness (QED) is 0.787. The van der Waals surface area contributed by atoms with Crippen LogP contribution < -0.4 is 5.73 Å². The second kappa shape index (κ2) is 7.20. The zero-order chi connectivity index (χ0) is 15.2. The van der Waals surface area contributed by atoms with Gasteiger partial charge in [0.2, 0.25) is 0 Å². The van der Waals surface area contributed by atoms with Crippen LogP contribution in [-0.4, -0.2) is 20.2 Å². The Bertz CT molecular complexity index is 576. The van der Waals surface area contributed by atoms with Gasteiger partial charge < -0.3 is 5.73 Å². The maximum absolute atomic E-state index is 6.11. The fraction of sp³-hybridized carbons (Fsp3) is 0.562. The highest BCUT2D eigenvalue weighted by Crippen LogP contribution is 2.29. The van der Waals surface area contributed by atoms with Crippen LogP contribution in [0.2, 0.25) is 0 Å².